The number of likely N-dealkylation sites (tertiary alicyclic amines) is 1. The molecular formula is C18H32FN3O3. The number of ether oxygens (including phenoxy) is 1. The molecule has 0 saturated carbocycles. The molecule has 2 saturated heterocycles. The number of piperazine rings is 1. The lowest BCUT2D eigenvalue weighted by molar-refractivity contribution is -0.137. The quantitative estimate of drug-likeness (QED) is 0.778. The molecule has 2 amide bonds. The van der Waals surface area contributed by atoms with E-state index in [1.165, 1.54) is 0 Å². The predicted molar refractivity (Wildman–Crippen MR) is 94.2 cm³/mol. The summed E-state index contributed by atoms with van der Waals surface area (Å²) in [5.74, 6) is -0.0116. The fraction of sp³-hybridized carbons (Fsp3) is 0.889. The van der Waals surface area contributed by atoms with Crippen LogP contribution in [0.25, 0.3) is 0 Å². The molecule has 0 aliphatic carbocycles. The van der Waals surface area contributed by atoms with Gasteiger partial charge in [0.1, 0.15) is 17.3 Å². The van der Waals surface area contributed by atoms with E-state index in [0.717, 1.165) is 6.42 Å². The van der Waals surface area contributed by atoms with E-state index in [4.69, 9.17) is 4.74 Å². The van der Waals surface area contributed by atoms with E-state index in [1.54, 1.807) is 23.6 Å². The molecule has 0 N–H and O–H groups in total. The van der Waals surface area contributed by atoms with Gasteiger partial charge in [-0.05, 0) is 47.5 Å². The standard InChI is InChI=1S/C18H32FN3O3/c1-17(2,3)25-16(24)22-8-6-7-14(22)15(23)21-11-9-20(10-12-21)13-18(4,5)19/h14H,6-13H2,1-5H3. The van der Waals surface area contributed by atoms with Crippen LogP contribution in [0.2, 0.25) is 0 Å². The first-order valence-electron chi connectivity index (χ1n) is 9.16. The van der Waals surface area contributed by atoms with Gasteiger partial charge in [0.05, 0.1) is 0 Å². The molecule has 0 radical (unpaired) electrons. The number of halogens is 1. The summed E-state index contributed by atoms with van der Waals surface area (Å²) in [7, 11) is 0. The topological polar surface area (TPSA) is 53.1 Å². The normalized spacial score (nSPS) is 23.0. The Labute approximate surface area is 150 Å². The Morgan fingerprint density at radius 2 is 1.64 bits per heavy atom. The van der Waals surface area contributed by atoms with E-state index in [2.05, 4.69) is 0 Å². The molecular weight excluding hydrogens is 325 g/mol. The third kappa shape index (κ3) is 5.83. The van der Waals surface area contributed by atoms with Crippen LogP contribution < -0.4 is 0 Å². The summed E-state index contributed by atoms with van der Waals surface area (Å²) in [6.07, 6.45) is 1.07. The second-order valence-corrected chi connectivity index (χ2v) is 8.65. The number of alkyl halides is 1. The Morgan fingerprint density at radius 3 is 2.16 bits per heavy atom. The van der Waals surface area contributed by atoms with Gasteiger partial charge in [-0.1, -0.05) is 0 Å². The molecule has 2 aliphatic heterocycles. The van der Waals surface area contributed by atoms with Crippen molar-refractivity contribution in [2.75, 3.05) is 39.3 Å². The van der Waals surface area contributed by atoms with Crippen LogP contribution in [0, 0.1) is 0 Å². The molecule has 0 bridgehead atoms. The number of rotatable bonds is 3. The number of nitrogens with zero attached hydrogens (tertiary/aromatic N) is 3. The van der Waals surface area contributed by atoms with Crippen LogP contribution >= 0.6 is 0 Å². The van der Waals surface area contributed by atoms with E-state index in [1.807, 2.05) is 25.7 Å². The number of carbonyl (C=O) groups is 2. The largest absolute Gasteiger partial charge is 0.444 e. The highest BCUT2D eigenvalue weighted by Gasteiger charge is 2.39. The number of hydrogen-bond donors (Lipinski definition) is 0. The van der Waals surface area contributed by atoms with E-state index < -0.39 is 23.4 Å². The first-order valence-corrected chi connectivity index (χ1v) is 9.16. The molecule has 2 fully saturated rings. The van der Waals surface area contributed by atoms with Gasteiger partial charge in [0, 0.05) is 39.3 Å². The van der Waals surface area contributed by atoms with Crippen LogP contribution in [0.1, 0.15) is 47.5 Å². The van der Waals surface area contributed by atoms with Gasteiger partial charge in [0.15, 0.2) is 0 Å². The highest BCUT2D eigenvalue weighted by atomic mass is 19.1. The van der Waals surface area contributed by atoms with Crippen LogP contribution in [-0.2, 0) is 9.53 Å². The van der Waals surface area contributed by atoms with Crippen LogP contribution in [0.3, 0.4) is 0 Å². The van der Waals surface area contributed by atoms with E-state index in [-0.39, 0.29) is 5.91 Å². The monoisotopic (exact) mass is 357 g/mol. The minimum atomic E-state index is -1.23. The Morgan fingerprint density at radius 1 is 1.04 bits per heavy atom. The van der Waals surface area contributed by atoms with Crippen molar-refractivity contribution in [1.82, 2.24) is 14.7 Å². The fourth-order valence-electron chi connectivity index (χ4n) is 3.43. The van der Waals surface area contributed by atoms with Gasteiger partial charge in [0.25, 0.3) is 0 Å². The third-order valence-corrected chi connectivity index (χ3v) is 4.45. The summed E-state index contributed by atoms with van der Waals surface area (Å²) in [4.78, 5) is 30.6. The number of amides is 2. The Hall–Kier alpha value is -1.37. The first kappa shape index (κ1) is 19.9. The highest BCUT2D eigenvalue weighted by Crippen LogP contribution is 2.23. The lowest BCUT2D eigenvalue weighted by atomic mass is 10.1. The molecule has 0 spiro atoms. The van der Waals surface area contributed by atoms with Gasteiger partial charge < -0.3 is 9.64 Å². The summed E-state index contributed by atoms with van der Waals surface area (Å²) < 4.78 is 19.2. The minimum Gasteiger partial charge on any atom is -0.444 e. The maximum absolute atomic E-state index is 13.8. The molecule has 7 heteroatoms. The summed E-state index contributed by atoms with van der Waals surface area (Å²) in [5, 5.41) is 0. The molecule has 144 valence electrons. The van der Waals surface area contributed by atoms with E-state index in [0.29, 0.717) is 45.7 Å². The molecule has 0 aromatic heterocycles. The van der Waals surface area contributed by atoms with Gasteiger partial charge in [-0.25, -0.2) is 9.18 Å². The zero-order valence-electron chi connectivity index (χ0n) is 16.2. The number of carbonyl (C=O) groups excluding carboxylic acids is 2. The molecule has 1 unspecified atom stereocenters. The van der Waals surface area contributed by atoms with Gasteiger partial charge in [-0.15, -0.1) is 0 Å². The number of hydrogen-bond acceptors (Lipinski definition) is 4. The fourth-order valence-corrected chi connectivity index (χ4v) is 3.43. The zero-order valence-corrected chi connectivity index (χ0v) is 16.2. The lowest BCUT2D eigenvalue weighted by Crippen LogP contribution is -2.55. The zero-order chi connectivity index (χ0) is 18.8. The van der Waals surface area contributed by atoms with Crippen molar-refractivity contribution in [2.24, 2.45) is 0 Å². The SMILES string of the molecule is CC(C)(F)CN1CCN(C(=O)C2CCCN2C(=O)OC(C)(C)C)CC1. The van der Waals surface area contributed by atoms with E-state index >= 15 is 0 Å². The smallest absolute Gasteiger partial charge is 0.410 e. The van der Waals surface area contributed by atoms with Crippen molar-refractivity contribution >= 4 is 12.0 Å². The molecule has 1 atom stereocenters. The maximum Gasteiger partial charge on any atom is 0.410 e. The van der Waals surface area contributed by atoms with E-state index in [9.17, 15) is 14.0 Å². The summed E-state index contributed by atoms with van der Waals surface area (Å²) in [5.41, 5.74) is -1.80. The van der Waals surface area contributed by atoms with Gasteiger partial charge in [0.2, 0.25) is 5.91 Å². The molecule has 0 aromatic rings. The second kappa shape index (κ2) is 7.48. The molecule has 0 aromatic carbocycles. The van der Waals surface area contributed by atoms with Gasteiger partial charge >= 0.3 is 6.09 Å². The van der Waals surface area contributed by atoms with Crippen LogP contribution in [0.4, 0.5) is 9.18 Å². The highest BCUT2D eigenvalue weighted by molar-refractivity contribution is 5.86. The Kier molecular flexibility index (Phi) is 5.97. The van der Waals surface area contributed by atoms with Crippen molar-refractivity contribution in [3.05, 3.63) is 0 Å². The molecule has 2 aliphatic rings. The average molecular weight is 357 g/mol. The minimum absolute atomic E-state index is 0.0116. The van der Waals surface area contributed by atoms with Crippen LogP contribution in [0.5, 0.6) is 0 Å². The van der Waals surface area contributed by atoms with Gasteiger partial charge in [-0.3, -0.25) is 14.6 Å². The molecule has 2 heterocycles. The van der Waals surface area contributed by atoms with Crippen LogP contribution in [0.15, 0.2) is 0 Å². The molecule has 2 rings (SSSR count). The average Bonchev–Trinajstić information content (AvgIpc) is 2.93. The summed E-state index contributed by atoms with van der Waals surface area (Å²) in [6.45, 7) is 12.0. The summed E-state index contributed by atoms with van der Waals surface area (Å²) >= 11 is 0. The van der Waals surface area contributed by atoms with Crippen molar-refractivity contribution in [2.45, 2.75) is 64.8 Å². The first-order chi connectivity index (χ1) is 11.5. The van der Waals surface area contributed by atoms with Crippen molar-refractivity contribution in [3.8, 4) is 0 Å². The molecule has 25 heavy (non-hydrogen) atoms. The Balaban J connectivity index is 1.91. The van der Waals surface area contributed by atoms with Crippen molar-refractivity contribution < 1.29 is 18.7 Å². The van der Waals surface area contributed by atoms with Crippen molar-refractivity contribution in [1.29, 1.82) is 0 Å². The van der Waals surface area contributed by atoms with Crippen molar-refractivity contribution in [3.63, 3.8) is 0 Å². The Bertz CT molecular complexity index is 491. The summed E-state index contributed by atoms with van der Waals surface area (Å²) in [6, 6.07) is -0.431. The lowest BCUT2D eigenvalue weighted by Gasteiger charge is -2.38. The van der Waals surface area contributed by atoms with Crippen LogP contribution in [-0.4, -0.2) is 83.3 Å². The molecule has 6 nitrogen and oxygen atoms in total. The predicted octanol–water partition coefficient (Wildman–Crippen LogP) is 2.28. The van der Waals surface area contributed by atoms with Gasteiger partial charge in [-0.2, -0.15) is 0 Å². The third-order valence-electron chi connectivity index (χ3n) is 4.45. The second-order valence-electron chi connectivity index (χ2n) is 8.65. The maximum atomic E-state index is 13.8.